The van der Waals surface area contributed by atoms with Crippen LogP contribution in [0.15, 0.2) is 16.9 Å². The van der Waals surface area contributed by atoms with E-state index in [0.717, 1.165) is 6.42 Å². The summed E-state index contributed by atoms with van der Waals surface area (Å²) in [4.78, 5) is 15.0. The highest BCUT2D eigenvalue weighted by molar-refractivity contribution is 5.93. The maximum Gasteiger partial charge on any atom is 0.263 e. The summed E-state index contributed by atoms with van der Waals surface area (Å²) in [6.45, 7) is 3.83. The number of rotatable bonds is 3. The molecule has 0 saturated carbocycles. The first-order valence-corrected chi connectivity index (χ1v) is 3.69. The molecule has 0 amide bonds. The van der Waals surface area contributed by atoms with E-state index in [1.165, 1.54) is 12.5 Å². The summed E-state index contributed by atoms with van der Waals surface area (Å²) in [7, 11) is 0. The molecule has 0 radical (unpaired) electrons. The summed E-state index contributed by atoms with van der Waals surface area (Å²) >= 11 is 0. The van der Waals surface area contributed by atoms with Crippen LogP contribution in [0.4, 0.5) is 0 Å². The number of carbonyl (C=O) groups is 1. The van der Waals surface area contributed by atoms with Crippen LogP contribution in [0.25, 0.3) is 0 Å². The molecule has 0 aromatic carbocycles. The number of hydrogen-bond acceptors (Lipinski definition) is 3. The summed E-state index contributed by atoms with van der Waals surface area (Å²) in [6.07, 6.45) is 3.71. The monoisotopic (exact) mass is 153 g/mol. The molecular formula is C8H11NO2. The summed E-state index contributed by atoms with van der Waals surface area (Å²) in [6, 6.07) is 0. The Bertz CT molecular complexity index is 228. The Balaban J connectivity index is 2.70. The number of aromatic nitrogens is 1. The molecule has 1 rings (SSSR count). The molecule has 3 nitrogen and oxygen atoms in total. The highest BCUT2D eigenvalue weighted by Gasteiger charge is 2.16. The minimum Gasteiger partial charge on any atom is -0.442 e. The Morgan fingerprint density at radius 2 is 2.55 bits per heavy atom. The first-order valence-electron chi connectivity index (χ1n) is 3.69. The molecule has 0 spiro atoms. The number of hydrogen-bond donors (Lipinski definition) is 0. The van der Waals surface area contributed by atoms with Crippen molar-refractivity contribution in [2.45, 2.75) is 20.3 Å². The largest absolute Gasteiger partial charge is 0.442 e. The second kappa shape index (κ2) is 3.32. The lowest BCUT2D eigenvalue weighted by molar-refractivity contribution is 0.0892. The predicted molar refractivity (Wildman–Crippen MR) is 40.3 cm³/mol. The Kier molecular flexibility index (Phi) is 2.41. The standard InChI is InChI=1S/C8H11NO2/c1-3-6(2)7(10)8-9-4-5-11-8/h4-6H,3H2,1-2H3. The maximum atomic E-state index is 11.3. The van der Waals surface area contributed by atoms with Gasteiger partial charge in [-0.25, -0.2) is 4.98 Å². The zero-order chi connectivity index (χ0) is 8.27. The number of oxazole rings is 1. The lowest BCUT2D eigenvalue weighted by atomic mass is 10.0. The van der Waals surface area contributed by atoms with Gasteiger partial charge in [-0.1, -0.05) is 13.8 Å². The van der Waals surface area contributed by atoms with Gasteiger partial charge in [-0.3, -0.25) is 4.79 Å². The van der Waals surface area contributed by atoms with Gasteiger partial charge in [-0.15, -0.1) is 0 Å². The summed E-state index contributed by atoms with van der Waals surface area (Å²) in [5.74, 6) is 0.213. The minimum absolute atomic E-state index is 0.00801. The van der Waals surface area contributed by atoms with Crippen LogP contribution >= 0.6 is 0 Å². The topological polar surface area (TPSA) is 43.1 Å². The van der Waals surface area contributed by atoms with E-state index in [1.54, 1.807) is 0 Å². The van der Waals surface area contributed by atoms with Crippen LogP contribution in [0.5, 0.6) is 0 Å². The smallest absolute Gasteiger partial charge is 0.263 e. The van der Waals surface area contributed by atoms with Gasteiger partial charge in [0.05, 0.1) is 6.20 Å². The Morgan fingerprint density at radius 3 is 3.00 bits per heavy atom. The molecule has 1 aromatic rings. The van der Waals surface area contributed by atoms with Gasteiger partial charge in [0.2, 0.25) is 5.78 Å². The Labute approximate surface area is 65.4 Å². The molecule has 0 aliphatic heterocycles. The van der Waals surface area contributed by atoms with Gasteiger partial charge in [0, 0.05) is 5.92 Å². The van der Waals surface area contributed by atoms with Crippen molar-refractivity contribution in [2.24, 2.45) is 5.92 Å². The molecule has 1 unspecified atom stereocenters. The van der Waals surface area contributed by atoms with Crippen molar-refractivity contribution in [3.63, 3.8) is 0 Å². The second-order valence-corrected chi connectivity index (χ2v) is 2.51. The zero-order valence-corrected chi connectivity index (χ0v) is 6.70. The highest BCUT2D eigenvalue weighted by Crippen LogP contribution is 2.08. The van der Waals surface area contributed by atoms with Crippen molar-refractivity contribution in [1.29, 1.82) is 0 Å². The Morgan fingerprint density at radius 1 is 1.82 bits per heavy atom. The van der Waals surface area contributed by atoms with Crippen molar-refractivity contribution in [3.05, 3.63) is 18.4 Å². The Hall–Kier alpha value is -1.12. The van der Waals surface area contributed by atoms with E-state index in [1.807, 2.05) is 13.8 Å². The van der Waals surface area contributed by atoms with Gasteiger partial charge < -0.3 is 4.42 Å². The lowest BCUT2D eigenvalue weighted by Crippen LogP contribution is -2.10. The van der Waals surface area contributed by atoms with Crippen LogP contribution in [0.3, 0.4) is 0 Å². The lowest BCUT2D eigenvalue weighted by Gasteiger charge is -2.01. The summed E-state index contributed by atoms with van der Waals surface area (Å²) in [5.41, 5.74) is 0. The average molecular weight is 153 g/mol. The molecule has 3 heteroatoms. The molecule has 1 heterocycles. The average Bonchev–Trinajstić information content (AvgIpc) is 2.53. The van der Waals surface area contributed by atoms with E-state index in [4.69, 9.17) is 4.42 Å². The molecule has 0 fully saturated rings. The van der Waals surface area contributed by atoms with E-state index in [0.29, 0.717) is 0 Å². The van der Waals surface area contributed by atoms with E-state index >= 15 is 0 Å². The third-order valence-corrected chi connectivity index (χ3v) is 1.70. The van der Waals surface area contributed by atoms with E-state index in [2.05, 4.69) is 4.98 Å². The first-order chi connectivity index (χ1) is 5.25. The molecule has 0 bridgehead atoms. The van der Waals surface area contributed by atoms with Crippen LogP contribution in [-0.2, 0) is 0 Å². The third-order valence-electron chi connectivity index (χ3n) is 1.70. The molecule has 0 aliphatic carbocycles. The normalized spacial score (nSPS) is 12.9. The molecule has 0 N–H and O–H groups in total. The van der Waals surface area contributed by atoms with E-state index in [-0.39, 0.29) is 17.6 Å². The summed E-state index contributed by atoms with van der Waals surface area (Å²) < 4.78 is 4.86. The fraction of sp³-hybridized carbons (Fsp3) is 0.500. The van der Waals surface area contributed by atoms with Gasteiger partial charge in [0.1, 0.15) is 6.26 Å². The number of carbonyl (C=O) groups excluding carboxylic acids is 1. The molecule has 11 heavy (non-hydrogen) atoms. The van der Waals surface area contributed by atoms with Gasteiger partial charge in [-0.05, 0) is 6.42 Å². The van der Waals surface area contributed by atoms with Crippen LogP contribution in [0.1, 0.15) is 31.0 Å². The van der Waals surface area contributed by atoms with Crippen LogP contribution in [0, 0.1) is 5.92 Å². The highest BCUT2D eigenvalue weighted by atomic mass is 16.3. The maximum absolute atomic E-state index is 11.3. The second-order valence-electron chi connectivity index (χ2n) is 2.51. The molecule has 60 valence electrons. The fourth-order valence-corrected chi connectivity index (χ4v) is 0.741. The van der Waals surface area contributed by atoms with Crippen molar-refractivity contribution < 1.29 is 9.21 Å². The fourth-order valence-electron chi connectivity index (χ4n) is 0.741. The molecular weight excluding hydrogens is 142 g/mol. The molecule has 0 aliphatic rings. The van der Waals surface area contributed by atoms with Crippen LogP contribution in [0.2, 0.25) is 0 Å². The van der Waals surface area contributed by atoms with E-state index in [9.17, 15) is 4.79 Å². The van der Waals surface area contributed by atoms with Crippen molar-refractivity contribution in [1.82, 2.24) is 4.98 Å². The number of Topliss-reactive ketones (excluding diaryl/α,β-unsaturated/α-hetero) is 1. The molecule has 1 aromatic heterocycles. The van der Waals surface area contributed by atoms with Crippen molar-refractivity contribution in [2.75, 3.05) is 0 Å². The SMILES string of the molecule is CCC(C)C(=O)c1ncco1. The zero-order valence-electron chi connectivity index (χ0n) is 6.70. The first kappa shape index (κ1) is 7.98. The molecule has 0 saturated heterocycles. The van der Waals surface area contributed by atoms with Crippen molar-refractivity contribution in [3.8, 4) is 0 Å². The predicted octanol–water partition coefficient (Wildman–Crippen LogP) is 1.90. The minimum atomic E-state index is -0.0162. The van der Waals surface area contributed by atoms with Gasteiger partial charge >= 0.3 is 0 Å². The van der Waals surface area contributed by atoms with Crippen LogP contribution in [-0.4, -0.2) is 10.8 Å². The third kappa shape index (κ3) is 1.67. The van der Waals surface area contributed by atoms with E-state index < -0.39 is 0 Å². The van der Waals surface area contributed by atoms with Gasteiger partial charge in [-0.2, -0.15) is 0 Å². The van der Waals surface area contributed by atoms with Crippen LogP contribution < -0.4 is 0 Å². The summed E-state index contributed by atoms with van der Waals surface area (Å²) in [5, 5.41) is 0. The number of nitrogens with zero attached hydrogens (tertiary/aromatic N) is 1. The quantitative estimate of drug-likeness (QED) is 0.623. The van der Waals surface area contributed by atoms with Gasteiger partial charge in [0.25, 0.3) is 5.89 Å². The molecule has 1 atom stereocenters. The van der Waals surface area contributed by atoms with Crippen molar-refractivity contribution >= 4 is 5.78 Å². The van der Waals surface area contributed by atoms with Gasteiger partial charge in [0.15, 0.2) is 0 Å². The number of ketones is 1.